The molecule has 0 aliphatic heterocycles. The summed E-state index contributed by atoms with van der Waals surface area (Å²) in [5, 5.41) is 2.77. The van der Waals surface area contributed by atoms with Gasteiger partial charge in [-0.25, -0.2) is 4.79 Å². The Hall–Kier alpha value is -3.15. The van der Waals surface area contributed by atoms with Gasteiger partial charge in [0.2, 0.25) is 11.8 Å². The van der Waals surface area contributed by atoms with Gasteiger partial charge < -0.3 is 15.0 Å². The second-order valence-corrected chi connectivity index (χ2v) is 7.81. The normalized spacial score (nSPS) is 10.9. The Bertz CT molecular complexity index is 900. The van der Waals surface area contributed by atoms with Crippen molar-refractivity contribution in [2.24, 2.45) is 0 Å². The molecule has 0 saturated heterocycles. The molecule has 2 aromatic carbocycles. The van der Waals surface area contributed by atoms with Crippen molar-refractivity contribution in [3.8, 4) is 0 Å². The number of anilines is 2. The van der Waals surface area contributed by atoms with Crippen molar-refractivity contribution in [3.05, 3.63) is 59.7 Å². The Morgan fingerprint density at radius 2 is 1.72 bits per heavy atom. The third-order valence-corrected chi connectivity index (χ3v) is 4.51. The van der Waals surface area contributed by atoms with Crippen LogP contribution in [0.5, 0.6) is 0 Å². The molecule has 6 heteroatoms. The lowest BCUT2D eigenvalue weighted by Gasteiger charge is -2.29. The van der Waals surface area contributed by atoms with Gasteiger partial charge in [0.1, 0.15) is 0 Å². The zero-order chi connectivity index (χ0) is 21.6. The maximum absolute atomic E-state index is 12.4. The third-order valence-electron chi connectivity index (χ3n) is 4.51. The molecule has 0 atom stereocenters. The van der Waals surface area contributed by atoms with E-state index >= 15 is 0 Å². The second kappa shape index (κ2) is 9.37. The van der Waals surface area contributed by atoms with Crippen LogP contribution < -0.4 is 10.2 Å². The lowest BCUT2D eigenvalue weighted by atomic mass is 9.85. The van der Waals surface area contributed by atoms with E-state index in [1.54, 1.807) is 29.2 Å². The van der Waals surface area contributed by atoms with Crippen LogP contribution in [0, 0.1) is 0 Å². The first-order chi connectivity index (χ1) is 13.6. The highest BCUT2D eigenvalue weighted by atomic mass is 16.5. The predicted molar refractivity (Wildman–Crippen MR) is 114 cm³/mol. The first kappa shape index (κ1) is 22.1. The fourth-order valence-corrected chi connectivity index (χ4v) is 3.07. The van der Waals surface area contributed by atoms with Gasteiger partial charge in [-0.1, -0.05) is 45.0 Å². The topological polar surface area (TPSA) is 75.7 Å². The van der Waals surface area contributed by atoms with Gasteiger partial charge in [0.15, 0.2) is 0 Å². The van der Waals surface area contributed by atoms with Crippen LogP contribution in [0.2, 0.25) is 0 Å². The van der Waals surface area contributed by atoms with Crippen LogP contribution in [-0.2, 0) is 19.7 Å². The van der Waals surface area contributed by atoms with Crippen LogP contribution in [0.1, 0.15) is 50.0 Å². The quantitative estimate of drug-likeness (QED) is 0.744. The van der Waals surface area contributed by atoms with E-state index < -0.39 is 5.97 Å². The van der Waals surface area contributed by atoms with Crippen molar-refractivity contribution in [1.29, 1.82) is 0 Å². The molecular weight excluding hydrogens is 368 g/mol. The Morgan fingerprint density at radius 3 is 2.34 bits per heavy atom. The van der Waals surface area contributed by atoms with Crippen LogP contribution >= 0.6 is 0 Å². The number of amides is 2. The number of hydrogen-bond donors (Lipinski definition) is 1. The molecule has 0 heterocycles. The highest BCUT2D eigenvalue weighted by Crippen LogP contribution is 2.32. The number of rotatable bonds is 6. The van der Waals surface area contributed by atoms with Gasteiger partial charge in [0.05, 0.1) is 12.7 Å². The lowest BCUT2D eigenvalue weighted by molar-refractivity contribution is -0.117. The number of esters is 1. The zero-order valence-electron chi connectivity index (χ0n) is 17.6. The number of carbonyl (C=O) groups is 3. The molecule has 29 heavy (non-hydrogen) atoms. The predicted octanol–water partition coefficient (Wildman–Crippen LogP) is 4.15. The molecule has 0 unspecified atom stereocenters. The Kier molecular flexibility index (Phi) is 7.15. The van der Waals surface area contributed by atoms with Crippen molar-refractivity contribution in [2.45, 2.75) is 39.5 Å². The van der Waals surface area contributed by atoms with Crippen LogP contribution in [0.4, 0.5) is 11.4 Å². The highest BCUT2D eigenvalue weighted by Gasteiger charge is 2.23. The number of methoxy groups -OCH3 is 1. The Labute approximate surface area is 171 Å². The number of benzene rings is 2. The van der Waals surface area contributed by atoms with Crippen molar-refractivity contribution >= 4 is 29.2 Å². The van der Waals surface area contributed by atoms with Crippen LogP contribution in [0.15, 0.2) is 48.5 Å². The number of hydrogen-bond acceptors (Lipinski definition) is 4. The largest absolute Gasteiger partial charge is 0.465 e. The Balaban J connectivity index is 2.12. The maximum atomic E-state index is 12.4. The minimum Gasteiger partial charge on any atom is -0.465 e. The number of nitrogens with zero attached hydrogens (tertiary/aromatic N) is 1. The SMILES string of the molecule is COC(=O)c1cccc(NC(=O)CCN(C(C)=O)c2ccccc2C(C)(C)C)c1. The molecule has 1 N–H and O–H groups in total. The van der Waals surface area contributed by atoms with Gasteiger partial charge >= 0.3 is 5.97 Å². The summed E-state index contributed by atoms with van der Waals surface area (Å²) >= 11 is 0. The van der Waals surface area contributed by atoms with Crippen LogP contribution in [0.3, 0.4) is 0 Å². The fraction of sp³-hybridized carbons (Fsp3) is 0.348. The van der Waals surface area contributed by atoms with E-state index in [0.717, 1.165) is 11.3 Å². The summed E-state index contributed by atoms with van der Waals surface area (Å²) in [6, 6.07) is 14.3. The van der Waals surface area contributed by atoms with Gasteiger partial charge in [0, 0.05) is 31.3 Å². The standard InChI is InChI=1S/C23H28N2O4/c1-16(26)25(20-12-7-6-11-19(20)23(2,3)4)14-13-21(27)24-18-10-8-9-17(15-18)22(28)29-5/h6-12,15H,13-14H2,1-5H3,(H,24,27). The average Bonchev–Trinajstić information content (AvgIpc) is 2.67. The number of nitrogens with one attached hydrogen (secondary N) is 1. The van der Waals surface area contributed by atoms with Gasteiger partial charge in [-0.3, -0.25) is 9.59 Å². The summed E-state index contributed by atoms with van der Waals surface area (Å²) in [4.78, 5) is 38.0. The van der Waals surface area contributed by atoms with E-state index in [9.17, 15) is 14.4 Å². The number of para-hydroxylation sites is 1. The molecule has 2 amide bonds. The van der Waals surface area contributed by atoms with Crippen molar-refractivity contribution in [2.75, 3.05) is 23.9 Å². The molecule has 0 radical (unpaired) electrons. The molecule has 0 aromatic heterocycles. The number of ether oxygens (including phenoxy) is 1. The van der Waals surface area contributed by atoms with E-state index in [1.807, 2.05) is 24.3 Å². The van der Waals surface area contributed by atoms with Crippen LogP contribution in [-0.4, -0.2) is 31.4 Å². The monoisotopic (exact) mass is 396 g/mol. The molecule has 2 aromatic rings. The third kappa shape index (κ3) is 5.91. The fourth-order valence-electron chi connectivity index (χ4n) is 3.07. The Morgan fingerprint density at radius 1 is 1.03 bits per heavy atom. The average molecular weight is 396 g/mol. The molecular formula is C23H28N2O4. The van der Waals surface area contributed by atoms with Crippen LogP contribution in [0.25, 0.3) is 0 Å². The summed E-state index contributed by atoms with van der Waals surface area (Å²) < 4.78 is 4.69. The van der Waals surface area contributed by atoms with Crippen molar-refractivity contribution in [1.82, 2.24) is 0 Å². The van der Waals surface area contributed by atoms with Gasteiger partial charge in [-0.05, 0) is 35.2 Å². The van der Waals surface area contributed by atoms with Crippen molar-refractivity contribution in [3.63, 3.8) is 0 Å². The summed E-state index contributed by atoms with van der Waals surface area (Å²) in [5.41, 5.74) is 2.58. The molecule has 0 fully saturated rings. The molecule has 0 aliphatic rings. The second-order valence-electron chi connectivity index (χ2n) is 7.81. The van der Waals surface area contributed by atoms with E-state index in [0.29, 0.717) is 11.3 Å². The van der Waals surface area contributed by atoms with E-state index in [4.69, 9.17) is 4.74 Å². The van der Waals surface area contributed by atoms with E-state index in [-0.39, 0.29) is 30.2 Å². The van der Waals surface area contributed by atoms with Crippen molar-refractivity contribution < 1.29 is 19.1 Å². The summed E-state index contributed by atoms with van der Waals surface area (Å²) in [6.45, 7) is 8.02. The molecule has 0 saturated carbocycles. The lowest BCUT2D eigenvalue weighted by Crippen LogP contribution is -2.34. The van der Waals surface area contributed by atoms with Gasteiger partial charge in [-0.15, -0.1) is 0 Å². The van der Waals surface area contributed by atoms with E-state index in [2.05, 4.69) is 26.1 Å². The highest BCUT2D eigenvalue weighted by molar-refractivity contribution is 5.96. The minimum atomic E-state index is -0.470. The molecule has 2 rings (SSSR count). The summed E-state index contributed by atoms with van der Waals surface area (Å²) in [6.07, 6.45) is 0.126. The van der Waals surface area contributed by atoms with Gasteiger partial charge in [-0.2, -0.15) is 0 Å². The molecule has 0 spiro atoms. The zero-order valence-corrected chi connectivity index (χ0v) is 17.6. The molecule has 0 bridgehead atoms. The first-order valence-electron chi connectivity index (χ1n) is 9.49. The molecule has 6 nitrogen and oxygen atoms in total. The summed E-state index contributed by atoms with van der Waals surface area (Å²) in [7, 11) is 1.30. The van der Waals surface area contributed by atoms with Gasteiger partial charge in [0.25, 0.3) is 0 Å². The molecule has 154 valence electrons. The minimum absolute atomic E-state index is 0.123. The number of carbonyl (C=O) groups excluding carboxylic acids is 3. The summed E-state index contributed by atoms with van der Waals surface area (Å²) in [5.74, 6) is -0.837. The maximum Gasteiger partial charge on any atom is 0.337 e. The first-order valence-corrected chi connectivity index (χ1v) is 9.49. The van der Waals surface area contributed by atoms with E-state index in [1.165, 1.54) is 14.0 Å². The molecule has 0 aliphatic carbocycles. The smallest absolute Gasteiger partial charge is 0.337 e.